The molecule has 0 spiro atoms. The summed E-state index contributed by atoms with van der Waals surface area (Å²) in [5.74, 6) is -0.815. The fourth-order valence-electron chi connectivity index (χ4n) is 6.79. The molecule has 0 saturated carbocycles. The van der Waals surface area contributed by atoms with Crippen molar-refractivity contribution in [2.24, 2.45) is 0 Å². The number of aliphatic hydroxyl groups is 4. The normalized spacial score (nSPS) is 20.6. The van der Waals surface area contributed by atoms with E-state index in [1.165, 1.54) is 103 Å². The summed E-state index contributed by atoms with van der Waals surface area (Å²) in [7, 11) is 0. The van der Waals surface area contributed by atoms with Crippen LogP contribution < -0.4 is 0 Å². The minimum Gasteiger partial charge on any atom is -0.462 e. The molecule has 0 amide bonds. The minimum atomic E-state index is -1.60. The van der Waals surface area contributed by atoms with Crippen LogP contribution in [0.5, 0.6) is 0 Å². The molecule has 1 heterocycles. The smallest absolute Gasteiger partial charge is 0.306 e. The number of hydrogen-bond donors (Lipinski definition) is 4. The molecular weight excluding hydrogens is 725 g/mol. The molecule has 0 aliphatic carbocycles. The molecule has 6 atom stereocenters. The first kappa shape index (κ1) is 52.9. The Balaban J connectivity index is 2.32. The maximum atomic E-state index is 12.8. The first-order valence-corrected chi connectivity index (χ1v) is 23.1. The van der Waals surface area contributed by atoms with Gasteiger partial charge in [0.2, 0.25) is 0 Å². The highest BCUT2D eigenvalue weighted by Gasteiger charge is 2.44. The van der Waals surface area contributed by atoms with E-state index in [1.807, 2.05) is 0 Å². The van der Waals surface area contributed by atoms with Crippen LogP contribution >= 0.6 is 0 Å². The fraction of sp³-hybridized carbons (Fsp3) is 0.830. The Morgan fingerprint density at radius 1 is 0.544 bits per heavy atom. The monoisotopic (exact) mass is 809 g/mol. The number of ether oxygens (including phenoxy) is 4. The van der Waals surface area contributed by atoms with Gasteiger partial charge in [0.05, 0.1) is 13.2 Å². The number of carbonyl (C=O) groups is 2. The highest BCUT2D eigenvalue weighted by Crippen LogP contribution is 2.23. The lowest BCUT2D eigenvalue weighted by Crippen LogP contribution is -2.59. The highest BCUT2D eigenvalue weighted by molar-refractivity contribution is 5.70. The van der Waals surface area contributed by atoms with Gasteiger partial charge in [0.15, 0.2) is 12.4 Å². The highest BCUT2D eigenvalue weighted by atomic mass is 16.7. The van der Waals surface area contributed by atoms with E-state index in [0.29, 0.717) is 6.42 Å². The Morgan fingerprint density at radius 2 is 1.00 bits per heavy atom. The second-order valence-corrected chi connectivity index (χ2v) is 15.8. The van der Waals surface area contributed by atoms with Crippen molar-refractivity contribution in [3.05, 3.63) is 36.5 Å². The Labute approximate surface area is 346 Å². The molecule has 57 heavy (non-hydrogen) atoms. The number of rotatable bonds is 38. The molecule has 1 aliphatic heterocycles. The average Bonchev–Trinajstić information content (AvgIpc) is 3.21. The van der Waals surface area contributed by atoms with Crippen molar-refractivity contribution in [3.63, 3.8) is 0 Å². The lowest BCUT2D eigenvalue weighted by atomic mass is 9.99. The topological polar surface area (TPSA) is 152 Å². The van der Waals surface area contributed by atoms with E-state index in [0.717, 1.165) is 57.8 Å². The quantitative estimate of drug-likeness (QED) is 0.0270. The van der Waals surface area contributed by atoms with Gasteiger partial charge in [-0.3, -0.25) is 9.59 Å². The number of hydrogen-bond acceptors (Lipinski definition) is 10. The van der Waals surface area contributed by atoms with Crippen LogP contribution in [0.15, 0.2) is 36.5 Å². The number of unbranched alkanes of at least 4 members (excludes halogenated alkanes) is 21. The number of aliphatic hydroxyl groups excluding tert-OH is 4. The second kappa shape index (κ2) is 38.1. The van der Waals surface area contributed by atoms with Crippen LogP contribution in [0, 0.1) is 0 Å². The summed E-state index contributed by atoms with van der Waals surface area (Å²) in [5, 5.41) is 40.1. The molecule has 0 aromatic carbocycles. The van der Waals surface area contributed by atoms with Crippen molar-refractivity contribution < 1.29 is 49.0 Å². The predicted molar refractivity (Wildman–Crippen MR) is 229 cm³/mol. The van der Waals surface area contributed by atoms with E-state index in [4.69, 9.17) is 18.9 Å². The van der Waals surface area contributed by atoms with Gasteiger partial charge < -0.3 is 39.4 Å². The summed E-state index contributed by atoms with van der Waals surface area (Å²) in [6, 6.07) is 0. The van der Waals surface area contributed by atoms with Crippen molar-refractivity contribution in [2.75, 3.05) is 19.8 Å². The van der Waals surface area contributed by atoms with Crippen LogP contribution in [0.3, 0.4) is 0 Å². The van der Waals surface area contributed by atoms with Gasteiger partial charge in [0.1, 0.15) is 31.0 Å². The molecule has 10 heteroatoms. The molecule has 0 aromatic heterocycles. The van der Waals surface area contributed by atoms with Gasteiger partial charge in [0.25, 0.3) is 0 Å². The molecule has 2 unspecified atom stereocenters. The Morgan fingerprint density at radius 3 is 1.53 bits per heavy atom. The molecule has 10 nitrogen and oxygen atoms in total. The van der Waals surface area contributed by atoms with E-state index < -0.39 is 49.4 Å². The van der Waals surface area contributed by atoms with Crippen molar-refractivity contribution in [1.82, 2.24) is 0 Å². The minimum absolute atomic E-state index is 0.221. The molecular formula is C47H84O10. The summed E-state index contributed by atoms with van der Waals surface area (Å²) >= 11 is 0. The zero-order valence-corrected chi connectivity index (χ0v) is 36.1. The van der Waals surface area contributed by atoms with Crippen LogP contribution in [0.2, 0.25) is 0 Å². The fourth-order valence-corrected chi connectivity index (χ4v) is 6.79. The summed E-state index contributed by atoms with van der Waals surface area (Å²) in [6.07, 6.45) is 35.7. The Hall–Kier alpha value is -2.08. The van der Waals surface area contributed by atoms with Gasteiger partial charge in [0, 0.05) is 12.8 Å². The molecule has 0 radical (unpaired) electrons. The number of esters is 2. The summed E-state index contributed by atoms with van der Waals surface area (Å²) in [4.78, 5) is 25.3. The first-order chi connectivity index (χ1) is 27.8. The van der Waals surface area contributed by atoms with Crippen LogP contribution in [-0.2, 0) is 28.5 Å². The molecule has 1 saturated heterocycles. The van der Waals surface area contributed by atoms with Gasteiger partial charge in [-0.2, -0.15) is 0 Å². The van der Waals surface area contributed by atoms with Gasteiger partial charge in [-0.1, -0.05) is 153 Å². The van der Waals surface area contributed by atoms with Gasteiger partial charge in [-0.05, 0) is 64.2 Å². The van der Waals surface area contributed by atoms with Crippen molar-refractivity contribution >= 4 is 11.9 Å². The molecule has 0 aromatic rings. The zero-order valence-electron chi connectivity index (χ0n) is 36.1. The van der Waals surface area contributed by atoms with E-state index in [9.17, 15) is 30.0 Å². The lowest BCUT2D eigenvalue weighted by molar-refractivity contribution is -0.305. The second-order valence-electron chi connectivity index (χ2n) is 15.8. The maximum Gasteiger partial charge on any atom is 0.306 e. The molecule has 0 bridgehead atoms. The van der Waals surface area contributed by atoms with Gasteiger partial charge in [-0.15, -0.1) is 0 Å². The Kier molecular flexibility index (Phi) is 35.4. The molecule has 1 rings (SSSR count). The summed E-state index contributed by atoms with van der Waals surface area (Å²) < 4.78 is 22.2. The van der Waals surface area contributed by atoms with Gasteiger partial charge >= 0.3 is 11.9 Å². The van der Waals surface area contributed by atoms with E-state index in [-0.39, 0.29) is 32.0 Å². The van der Waals surface area contributed by atoms with Crippen LogP contribution in [0.1, 0.15) is 194 Å². The van der Waals surface area contributed by atoms with Crippen molar-refractivity contribution in [2.45, 2.75) is 230 Å². The predicted octanol–water partition coefficient (Wildman–Crippen LogP) is 9.89. The maximum absolute atomic E-state index is 12.8. The summed E-state index contributed by atoms with van der Waals surface area (Å²) in [5.41, 5.74) is 0. The molecule has 1 fully saturated rings. The third-order valence-corrected chi connectivity index (χ3v) is 10.5. The average molecular weight is 809 g/mol. The zero-order chi connectivity index (χ0) is 41.6. The molecule has 4 N–H and O–H groups in total. The summed E-state index contributed by atoms with van der Waals surface area (Å²) in [6.45, 7) is 3.36. The number of carbonyl (C=O) groups excluding carboxylic acids is 2. The largest absolute Gasteiger partial charge is 0.462 e. The molecule has 332 valence electrons. The van der Waals surface area contributed by atoms with E-state index >= 15 is 0 Å². The standard InChI is InChI=1S/C47H84O10/c1-3-5-7-9-11-13-15-17-19-20-22-24-26-28-30-32-34-36-43(50)56-40(39-55-47-46(53)45(52)44(51)41(37-48)57-47)38-54-42(49)35-33-31-29-27-25-23-21-18-16-14-12-10-8-6-4-2/h10-13,17,19,40-41,44-48,51-53H,3-9,14-16,18,20-39H2,1-2H3/b12-10+,13-11+,19-17+/t40-,41-,44+,45?,46?,47-/m1/s1. The van der Waals surface area contributed by atoms with Crippen LogP contribution in [0.25, 0.3) is 0 Å². The third kappa shape index (κ3) is 29.7. The number of allylic oxidation sites excluding steroid dienone is 6. The van der Waals surface area contributed by atoms with Crippen molar-refractivity contribution in [3.8, 4) is 0 Å². The first-order valence-electron chi connectivity index (χ1n) is 23.1. The van der Waals surface area contributed by atoms with Crippen molar-refractivity contribution in [1.29, 1.82) is 0 Å². The van der Waals surface area contributed by atoms with E-state index in [2.05, 4.69) is 50.3 Å². The van der Waals surface area contributed by atoms with Crippen LogP contribution in [0.4, 0.5) is 0 Å². The van der Waals surface area contributed by atoms with Crippen LogP contribution in [-0.4, -0.2) is 89.0 Å². The third-order valence-electron chi connectivity index (χ3n) is 10.5. The molecule has 1 aliphatic rings. The lowest BCUT2D eigenvalue weighted by Gasteiger charge is -2.39. The Bertz CT molecular complexity index is 1030. The van der Waals surface area contributed by atoms with E-state index in [1.54, 1.807) is 0 Å². The SMILES string of the molecule is CCCC/C=C/CCCCCCCCCCCC(=O)OC[C@H](CO[C@@H]1O[C@H](CO)[C@H](O)C(O)C1O)OC(=O)CCCCCCCCC/C=C/C/C=C/CCCCC. The van der Waals surface area contributed by atoms with Gasteiger partial charge in [-0.25, -0.2) is 0 Å².